The molecule has 0 aromatic carbocycles. The summed E-state index contributed by atoms with van der Waals surface area (Å²) in [5.41, 5.74) is 0. The van der Waals surface area contributed by atoms with E-state index >= 15 is 0 Å². The van der Waals surface area contributed by atoms with Gasteiger partial charge in [0.25, 0.3) is 0 Å². The third kappa shape index (κ3) is 2.95. The molecule has 0 radical (unpaired) electrons. The van der Waals surface area contributed by atoms with E-state index in [1.807, 2.05) is 18.4 Å². The Morgan fingerprint density at radius 1 is 1.38 bits per heavy atom. The Hall–Kier alpha value is -1.59. The average molecular weight is 226 g/mol. The minimum Gasteiger partial charge on any atom is -0.466 e. The van der Waals surface area contributed by atoms with Crippen molar-refractivity contribution in [3.63, 3.8) is 0 Å². The second-order valence-corrected chi connectivity index (χ2v) is 3.20. The Balaban J connectivity index is 2.76. The van der Waals surface area contributed by atoms with Gasteiger partial charge in [-0.3, -0.25) is 9.36 Å². The van der Waals surface area contributed by atoms with E-state index in [4.69, 9.17) is 4.74 Å². The first-order valence-electron chi connectivity index (χ1n) is 5.54. The summed E-state index contributed by atoms with van der Waals surface area (Å²) in [4.78, 5) is 11.3. The van der Waals surface area contributed by atoms with Crippen LogP contribution >= 0.6 is 0 Å². The number of anilines is 1. The largest absolute Gasteiger partial charge is 0.466 e. The number of hydrogen-bond donors (Lipinski definition) is 1. The van der Waals surface area contributed by atoms with Crippen LogP contribution in [-0.2, 0) is 22.5 Å². The second-order valence-electron chi connectivity index (χ2n) is 3.20. The van der Waals surface area contributed by atoms with Crippen LogP contribution in [0.3, 0.4) is 0 Å². The maximum Gasteiger partial charge on any atom is 0.313 e. The number of carbonyl (C=O) groups excluding carboxylic acids is 1. The van der Waals surface area contributed by atoms with Crippen molar-refractivity contribution in [2.45, 2.75) is 33.7 Å². The van der Waals surface area contributed by atoms with Gasteiger partial charge in [0, 0.05) is 13.1 Å². The molecule has 1 aromatic rings. The fourth-order valence-corrected chi connectivity index (χ4v) is 1.43. The number of esters is 1. The molecule has 90 valence electrons. The molecule has 0 amide bonds. The van der Waals surface area contributed by atoms with Crippen molar-refractivity contribution in [1.29, 1.82) is 0 Å². The molecule has 0 bridgehead atoms. The molecular weight excluding hydrogens is 208 g/mol. The molecule has 1 heterocycles. The molecule has 0 aliphatic heterocycles. The Morgan fingerprint density at radius 2 is 2.12 bits per heavy atom. The number of hydrogen-bond acceptors (Lipinski definition) is 5. The molecule has 6 nitrogen and oxygen atoms in total. The summed E-state index contributed by atoms with van der Waals surface area (Å²) in [5.74, 6) is 1.06. The van der Waals surface area contributed by atoms with Gasteiger partial charge in [-0.05, 0) is 20.8 Å². The number of aromatic nitrogens is 3. The van der Waals surface area contributed by atoms with Crippen LogP contribution in [0.15, 0.2) is 0 Å². The highest BCUT2D eigenvalue weighted by Crippen LogP contribution is 2.08. The molecule has 1 aromatic heterocycles. The molecule has 0 unspecified atom stereocenters. The Bertz CT molecular complexity index is 349. The number of nitrogens with one attached hydrogen (secondary N) is 1. The molecule has 0 atom stereocenters. The molecule has 6 heteroatoms. The molecule has 0 saturated carbocycles. The van der Waals surface area contributed by atoms with Crippen LogP contribution in [0.2, 0.25) is 0 Å². The lowest BCUT2D eigenvalue weighted by atomic mass is 10.4. The number of carbonyl (C=O) groups is 1. The van der Waals surface area contributed by atoms with Crippen molar-refractivity contribution in [2.24, 2.45) is 0 Å². The van der Waals surface area contributed by atoms with Crippen molar-refractivity contribution >= 4 is 11.9 Å². The van der Waals surface area contributed by atoms with E-state index in [0.717, 1.165) is 13.1 Å². The third-order valence-corrected chi connectivity index (χ3v) is 2.09. The zero-order valence-electron chi connectivity index (χ0n) is 9.99. The van der Waals surface area contributed by atoms with Gasteiger partial charge in [0.15, 0.2) is 0 Å². The summed E-state index contributed by atoms with van der Waals surface area (Å²) >= 11 is 0. The van der Waals surface area contributed by atoms with Gasteiger partial charge in [-0.25, -0.2) is 0 Å². The number of nitrogens with zero attached hydrogens (tertiary/aromatic N) is 3. The van der Waals surface area contributed by atoms with E-state index in [2.05, 4.69) is 15.5 Å². The highest BCUT2D eigenvalue weighted by molar-refractivity contribution is 5.71. The summed E-state index contributed by atoms with van der Waals surface area (Å²) in [6.45, 7) is 7.64. The lowest BCUT2D eigenvalue weighted by Crippen LogP contribution is -2.14. The van der Waals surface area contributed by atoms with E-state index in [9.17, 15) is 4.79 Å². The van der Waals surface area contributed by atoms with E-state index in [1.165, 1.54) is 0 Å². The first-order chi connectivity index (χ1) is 7.72. The first kappa shape index (κ1) is 12.5. The molecule has 0 saturated heterocycles. The van der Waals surface area contributed by atoms with Crippen molar-refractivity contribution in [3.05, 3.63) is 5.82 Å². The van der Waals surface area contributed by atoms with E-state index < -0.39 is 0 Å². The van der Waals surface area contributed by atoms with Crippen LogP contribution in [-0.4, -0.2) is 33.9 Å². The first-order valence-corrected chi connectivity index (χ1v) is 5.54. The lowest BCUT2D eigenvalue weighted by molar-refractivity contribution is -0.142. The zero-order valence-corrected chi connectivity index (χ0v) is 9.99. The third-order valence-electron chi connectivity index (χ3n) is 2.09. The number of ether oxygens (including phenoxy) is 1. The van der Waals surface area contributed by atoms with Gasteiger partial charge in [0.2, 0.25) is 5.95 Å². The predicted molar refractivity (Wildman–Crippen MR) is 60.2 cm³/mol. The normalized spacial score (nSPS) is 10.2. The van der Waals surface area contributed by atoms with Gasteiger partial charge < -0.3 is 10.1 Å². The Morgan fingerprint density at radius 3 is 2.69 bits per heavy atom. The van der Waals surface area contributed by atoms with E-state index in [-0.39, 0.29) is 12.4 Å². The molecule has 1 N–H and O–H groups in total. The quantitative estimate of drug-likeness (QED) is 0.728. The minimum atomic E-state index is -0.271. The molecule has 0 aliphatic carbocycles. The van der Waals surface area contributed by atoms with Crippen molar-refractivity contribution < 1.29 is 9.53 Å². The van der Waals surface area contributed by atoms with Crippen LogP contribution in [0, 0.1) is 0 Å². The van der Waals surface area contributed by atoms with Crippen molar-refractivity contribution in [1.82, 2.24) is 14.8 Å². The molecular formula is C10H18N4O2. The Labute approximate surface area is 95.0 Å². The van der Waals surface area contributed by atoms with Crippen LogP contribution in [0.4, 0.5) is 5.95 Å². The molecule has 1 rings (SSSR count). The summed E-state index contributed by atoms with van der Waals surface area (Å²) in [5, 5.41) is 11.1. The fraction of sp³-hybridized carbons (Fsp3) is 0.700. The van der Waals surface area contributed by atoms with Crippen molar-refractivity contribution in [3.8, 4) is 0 Å². The maximum absolute atomic E-state index is 11.3. The summed E-state index contributed by atoms with van der Waals surface area (Å²) in [7, 11) is 0. The highest BCUT2D eigenvalue weighted by atomic mass is 16.5. The zero-order chi connectivity index (χ0) is 12.0. The van der Waals surface area contributed by atoms with E-state index in [0.29, 0.717) is 18.4 Å². The van der Waals surface area contributed by atoms with Crippen LogP contribution in [0.25, 0.3) is 0 Å². The monoisotopic (exact) mass is 226 g/mol. The summed E-state index contributed by atoms with van der Waals surface area (Å²) < 4.78 is 6.75. The van der Waals surface area contributed by atoms with Crippen LogP contribution < -0.4 is 5.32 Å². The standard InChI is InChI=1S/C10H18N4O2/c1-4-11-10-13-12-8(14(10)5-2)7-9(15)16-6-3/h4-7H2,1-3H3,(H,11,13). The topological polar surface area (TPSA) is 69.0 Å². The summed E-state index contributed by atoms with van der Waals surface area (Å²) in [6.07, 6.45) is 0.167. The molecule has 0 aliphatic rings. The minimum absolute atomic E-state index is 0.167. The SMILES string of the molecule is CCNc1nnc(CC(=O)OCC)n1CC. The Kier molecular flexibility index (Phi) is 4.75. The van der Waals surface area contributed by atoms with E-state index in [1.54, 1.807) is 6.92 Å². The van der Waals surface area contributed by atoms with Gasteiger partial charge in [-0.15, -0.1) is 10.2 Å². The van der Waals surface area contributed by atoms with Gasteiger partial charge in [-0.2, -0.15) is 0 Å². The van der Waals surface area contributed by atoms with Gasteiger partial charge in [0.05, 0.1) is 6.61 Å². The average Bonchev–Trinajstić information content (AvgIpc) is 2.61. The van der Waals surface area contributed by atoms with Gasteiger partial charge in [0.1, 0.15) is 12.2 Å². The molecule has 0 fully saturated rings. The lowest BCUT2D eigenvalue weighted by Gasteiger charge is -2.07. The molecule has 16 heavy (non-hydrogen) atoms. The van der Waals surface area contributed by atoms with Gasteiger partial charge >= 0.3 is 5.97 Å². The maximum atomic E-state index is 11.3. The van der Waals surface area contributed by atoms with Crippen LogP contribution in [0.5, 0.6) is 0 Å². The highest BCUT2D eigenvalue weighted by Gasteiger charge is 2.13. The predicted octanol–water partition coefficient (Wildman–Crippen LogP) is 0.835. The van der Waals surface area contributed by atoms with Crippen molar-refractivity contribution in [2.75, 3.05) is 18.5 Å². The van der Waals surface area contributed by atoms with Gasteiger partial charge in [-0.1, -0.05) is 0 Å². The smallest absolute Gasteiger partial charge is 0.313 e. The second kappa shape index (κ2) is 6.09. The fourth-order valence-electron chi connectivity index (χ4n) is 1.43. The molecule has 0 spiro atoms. The number of rotatable bonds is 6. The summed E-state index contributed by atoms with van der Waals surface area (Å²) in [6, 6.07) is 0. The van der Waals surface area contributed by atoms with Crippen LogP contribution in [0.1, 0.15) is 26.6 Å².